The molecule has 2 heterocycles. The molecule has 0 amide bonds. The van der Waals surface area contributed by atoms with E-state index in [0.717, 1.165) is 20.7 Å². The molecule has 2 aromatic heterocycles. The lowest BCUT2D eigenvalue weighted by Crippen LogP contribution is -2.05. The number of aromatic nitrogens is 2. The fourth-order valence-corrected chi connectivity index (χ4v) is 4.97. The first-order valence-corrected chi connectivity index (χ1v) is 11.4. The van der Waals surface area contributed by atoms with Crippen LogP contribution < -0.4 is 0 Å². The number of nitriles is 1. The van der Waals surface area contributed by atoms with Gasteiger partial charge >= 0.3 is 0 Å². The van der Waals surface area contributed by atoms with Crippen LogP contribution in [0.3, 0.4) is 0 Å². The van der Waals surface area contributed by atoms with Crippen LogP contribution in [0.1, 0.15) is 29.7 Å². The lowest BCUT2D eigenvalue weighted by Gasteiger charge is -2.16. The zero-order valence-electron chi connectivity index (χ0n) is 16.6. The van der Waals surface area contributed by atoms with Crippen molar-refractivity contribution in [2.24, 2.45) is 0 Å². The quantitative estimate of drug-likeness (QED) is 0.314. The zero-order valence-corrected chi connectivity index (χ0v) is 18.3. The van der Waals surface area contributed by atoms with Crippen molar-refractivity contribution >= 4 is 33.4 Å². The predicted molar refractivity (Wildman–Crippen MR) is 118 cm³/mol. The third kappa shape index (κ3) is 4.43. The summed E-state index contributed by atoms with van der Waals surface area (Å²) in [5.74, 6) is -2.07. The summed E-state index contributed by atoms with van der Waals surface area (Å²) in [7, 11) is 0. The standard InChI is InChI=1S/C23H16F3N3S2/c1-12(5-13-6-16(24)9-17(25)7-13)21-18(14-3-4-19(26)15(8-14)11-27)10-20-22(28-21)29-23(30-2)31-20/h3-4,6-10,12H,5H2,1-2H3. The van der Waals surface area contributed by atoms with E-state index < -0.39 is 17.5 Å². The SMILES string of the molecule is CSc1nc2nc(C(C)Cc3cc(F)cc(F)c3)c(-c3ccc(F)c(C#N)c3)cc2s1. The van der Waals surface area contributed by atoms with Crippen LogP contribution in [0, 0.1) is 28.8 Å². The number of nitrogens with zero attached hydrogens (tertiary/aromatic N) is 3. The Labute approximate surface area is 185 Å². The summed E-state index contributed by atoms with van der Waals surface area (Å²) in [6, 6.07) is 11.6. The molecule has 1 unspecified atom stereocenters. The van der Waals surface area contributed by atoms with Gasteiger partial charge in [0.15, 0.2) is 9.99 Å². The highest BCUT2D eigenvalue weighted by Gasteiger charge is 2.19. The van der Waals surface area contributed by atoms with Crippen molar-refractivity contribution in [3.05, 3.63) is 76.7 Å². The number of benzene rings is 2. The molecule has 0 radical (unpaired) electrons. The number of thiazole rings is 1. The molecular formula is C23H16F3N3S2. The fourth-order valence-electron chi connectivity index (χ4n) is 3.51. The van der Waals surface area contributed by atoms with Crippen LogP contribution >= 0.6 is 23.1 Å². The van der Waals surface area contributed by atoms with E-state index in [2.05, 4.69) is 4.98 Å². The van der Waals surface area contributed by atoms with Gasteiger partial charge in [-0.3, -0.25) is 0 Å². The molecule has 0 spiro atoms. The number of fused-ring (bicyclic) bond motifs is 1. The molecule has 4 aromatic rings. The van der Waals surface area contributed by atoms with Crippen LogP contribution in [-0.4, -0.2) is 16.2 Å². The van der Waals surface area contributed by atoms with Gasteiger partial charge in [0, 0.05) is 17.5 Å². The lowest BCUT2D eigenvalue weighted by atomic mass is 9.91. The van der Waals surface area contributed by atoms with Gasteiger partial charge in [-0.2, -0.15) is 5.26 Å². The van der Waals surface area contributed by atoms with Crippen molar-refractivity contribution in [2.45, 2.75) is 23.6 Å². The fraction of sp³-hybridized carbons (Fsp3) is 0.174. The van der Waals surface area contributed by atoms with Gasteiger partial charge in [-0.15, -0.1) is 11.3 Å². The van der Waals surface area contributed by atoms with Crippen molar-refractivity contribution in [1.29, 1.82) is 5.26 Å². The number of thioether (sulfide) groups is 1. The Morgan fingerprint density at radius 2 is 1.81 bits per heavy atom. The molecule has 1 atom stereocenters. The Morgan fingerprint density at radius 3 is 2.48 bits per heavy atom. The van der Waals surface area contributed by atoms with E-state index in [9.17, 15) is 18.4 Å². The Hall–Kier alpha value is -2.89. The van der Waals surface area contributed by atoms with Gasteiger partial charge in [-0.1, -0.05) is 24.8 Å². The number of pyridine rings is 1. The molecule has 31 heavy (non-hydrogen) atoms. The first kappa shape index (κ1) is 21.3. The summed E-state index contributed by atoms with van der Waals surface area (Å²) in [4.78, 5) is 9.29. The summed E-state index contributed by atoms with van der Waals surface area (Å²) >= 11 is 3.01. The monoisotopic (exact) mass is 455 g/mol. The highest BCUT2D eigenvalue weighted by Crippen LogP contribution is 2.36. The number of hydrogen-bond acceptors (Lipinski definition) is 5. The molecule has 3 nitrogen and oxygen atoms in total. The van der Waals surface area contributed by atoms with Crippen molar-refractivity contribution in [3.63, 3.8) is 0 Å². The Bertz CT molecular complexity index is 1310. The summed E-state index contributed by atoms with van der Waals surface area (Å²) in [5, 5.41) is 9.23. The van der Waals surface area contributed by atoms with E-state index in [0.29, 0.717) is 28.9 Å². The van der Waals surface area contributed by atoms with Gasteiger partial charge < -0.3 is 0 Å². The number of halogens is 3. The topological polar surface area (TPSA) is 49.6 Å². The first-order chi connectivity index (χ1) is 14.9. The van der Waals surface area contributed by atoms with Crippen molar-refractivity contribution in [1.82, 2.24) is 9.97 Å². The van der Waals surface area contributed by atoms with Gasteiger partial charge in [0.25, 0.3) is 0 Å². The second-order valence-electron chi connectivity index (χ2n) is 7.12. The maximum absolute atomic E-state index is 13.9. The molecule has 0 fully saturated rings. The molecule has 0 aliphatic rings. The van der Waals surface area contributed by atoms with Crippen LogP contribution in [0.4, 0.5) is 13.2 Å². The third-order valence-corrected chi connectivity index (χ3v) is 6.87. The van der Waals surface area contributed by atoms with E-state index in [1.807, 2.05) is 25.3 Å². The molecule has 0 bridgehead atoms. The van der Waals surface area contributed by atoms with Gasteiger partial charge in [0.05, 0.1) is 16.0 Å². The molecular weight excluding hydrogens is 439 g/mol. The molecule has 156 valence electrons. The average Bonchev–Trinajstić information content (AvgIpc) is 3.14. The molecule has 4 rings (SSSR count). The highest BCUT2D eigenvalue weighted by molar-refractivity contribution is 8.00. The molecule has 0 N–H and O–H groups in total. The van der Waals surface area contributed by atoms with Crippen LogP contribution in [0.15, 0.2) is 46.8 Å². The number of hydrogen-bond donors (Lipinski definition) is 0. The Balaban J connectivity index is 1.85. The summed E-state index contributed by atoms with van der Waals surface area (Å²) in [6.07, 6.45) is 2.28. The number of rotatable bonds is 5. The highest BCUT2D eigenvalue weighted by atomic mass is 32.2. The second-order valence-corrected chi connectivity index (χ2v) is 9.20. The first-order valence-electron chi connectivity index (χ1n) is 9.38. The minimum absolute atomic E-state index is 0.0579. The van der Waals surface area contributed by atoms with Crippen LogP contribution in [-0.2, 0) is 6.42 Å². The van der Waals surface area contributed by atoms with E-state index in [1.54, 1.807) is 6.07 Å². The molecule has 2 aromatic carbocycles. The molecule has 0 aliphatic carbocycles. The molecule has 8 heteroatoms. The van der Waals surface area contributed by atoms with Crippen LogP contribution in [0.5, 0.6) is 0 Å². The van der Waals surface area contributed by atoms with E-state index in [1.165, 1.54) is 47.4 Å². The molecule has 0 saturated carbocycles. The van der Waals surface area contributed by atoms with Crippen LogP contribution in [0.2, 0.25) is 0 Å². The molecule has 0 aliphatic heterocycles. The second kappa shape index (κ2) is 8.69. The maximum atomic E-state index is 13.9. The Morgan fingerprint density at radius 1 is 1.06 bits per heavy atom. The van der Waals surface area contributed by atoms with Crippen molar-refractivity contribution in [2.75, 3.05) is 6.26 Å². The molecule has 0 saturated heterocycles. The normalized spacial score (nSPS) is 12.1. The van der Waals surface area contributed by atoms with Gasteiger partial charge in [0.1, 0.15) is 23.5 Å². The minimum Gasteiger partial charge on any atom is -0.231 e. The van der Waals surface area contributed by atoms with E-state index in [4.69, 9.17) is 4.98 Å². The van der Waals surface area contributed by atoms with E-state index >= 15 is 0 Å². The predicted octanol–water partition coefficient (Wildman–Crippen LogP) is 6.72. The van der Waals surface area contributed by atoms with Gasteiger partial charge in [-0.05, 0) is 54.1 Å². The maximum Gasteiger partial charge on any atom is 0.171 e. The van der Waals surface area contributed by atoms with E-state index in [-0.39, 0.29) is 11.5 Å². The Kier molecular flexibility index (Phi) is 5.99. The smallest absolute Gasteiger partial charge is 0.171 e. The minimum atomic E-state index is -0.632. The van der Waals surface area contributed by atoms with Gasteiger partial charge in [0.2, 0.25) is 0 Å². The summed E-state index contributed by atoms with van der Waals surface area (Å²) in [6.45, 7) is 1.91. The zero-order chi connectivity index (χ0) is 22.1. The largest absolute Gasteiger partial charge is 0.231 e. The third-order valence-electron chi connectivity index (χ3n) is 4.90. The van der Waals surface area contributed by atoms with Crippen LogP contribution in [0.25, 0.3) is 21.5 Å². The average molecular weight is 456 g/mol. The summed E-state index contributed by atoms with van der Waals surface area (Å²) < 4.78 is 43.0. The van der Waals surface area contributed by atoms with Gasteiger partial charge in [-0.25, -0.2) is 23.1 Å². The lowest BCUT2D eigenvalue weighted by molar-refractivity contribution is 0.577. The summed E-state index contributed by atoms with van der Waals surface area (Å²) in [5.41, 5.74) is 3.11. The van der Waals surface area contributed by atoms with Crippen molar-refractivity contribution in [3.8, 4) is 17.2 Å². The van der Waals surface area contributed by atoms with Crippen molar-refractivity contribution < 1.29 is 13.2 Å².